The molecule has 1 fully saturated rings. The molecule has 0 unspecified atom stereocenters. The van der Waals surface area contributed by atoms with Gasteiger partial charge in [0.1, 0.15) is 6.07 Å². The summed E-state index contributed by atoms with van der Waals surface area (Å²) < 4.78 is 0. The molecule has 3 rings (SSSR count). The zero-order valence-electron chi connectivity index (χ0n) is 13.5. The van der Waals surface area contributed by atoms with Crippen molar-refractivity contribution in [1.82, 2.24) is 4.90 Å². The summed E-state index contributed by atoms with van der Waals surface area (Å²) >= 11 is 0. The number of para-hydroxylation sites is 2. The van der Waals surface area contributed by atoms with Gasteiger partial charge in [-0.15, -0.1) is 0 Å². The molecular formula is C19H20N4O. The van der Waals surface area contributed by atoms with Crippen molar-refractivity contribution in [2.75, 3.05) is 42.9 Å². The first-order valence-corrected chi connectivity index (χ1v) is 8.07. The number of hydrogen-bond donors (Lipinski definition) is 1. The fraction of sp³-hybridized carbons (Fsp3) is 0.263. The molecule has 0 saturated carbocycles. The molecule has 122 valence electrons. The largest absolute Gasteiger partial charge is 0.369 e. The second-order valence-corrected chi connectivity index (χ2v) is 5.80. The van der Waals surface area contributed by atoms with Crippen LogP contribution in [0.15, 0.2) is 54.6 Å². The summed E-state index contributed by atoms with van der Waals surface area (Å²) in [6.45, 7) is 3.87. The standard InChI is InChI=1S/C19H20N4O/c20-14-16-6-4-5-9-18(16)21-19(24)15-22-10-12-23(13-11-22)17-7-2-1-3-8-17/h1-9H,10-13,15H2,(H,21,24). The van der Waals surface area contributed by atoms with E-state index in [-0.39, 0.29) is 5.91 Å². The number of nitrogens with one attached hydrogen (secondary N) is 1. The summed E-state index contributed by atoms with van der Waals surface area (Å²) in [5, 5.41) is 11.9. The minimum atomic E-state index is -0.0779. The van der Waals surface area contributed by atoms with Crippen molar-refractivity contribution in [3.8, 4) is 6.07 Å². The van der Waals surface area contributed by atoms with Gasteiger partial charge >= 0.3 is 0 Å². The van der Waals surface area contributed by atoms with Crippen LogP contribution in [0.2, 0.25) is 0 Å². The van der Waals surface area contributed by atoms with Crippen LogP contribution in [0.5, 0.6) is 0 Å². The van der Waals surface area contributed by atoms with Crippen molar-refractivity contribution in [1.29, 1.82) is 5.26 Å². The number of nitrogens with zero attached hydrogens (tertiary/aromatic N) is 3. The molecule has 0 bridgehead atoms. The second kappa shape index (κ2) is 7.62. The normalized spacial score (nSPS) is 14.9. The van der Waals surface area contributed by atoms with Gasteiger partial charge in [0.05, 0.1) is 17.8 Å². The number of anilines is 2. The van der Waals surface area contributed by atoms with Crippen LogP contribution in [0.25, 0.3) is 0 Å². The van der Waals surface area contributed by atoms with Crippen LogP contribution in [-0.2, 0) is 4.79 Å². The summed E-state index contributed by atoms with van der Waals surface area (Å²) in [4.78, 5) is 16.7. The molecule has 24 heavy (non-hydrogen) atoms. The molecule has 1 saturated heterocycles. The van der Waals surface area contributed by atoms with Crippen molar-refractivity contribution < 1.29 is 4.79 Å². The molecule has 5 nitrogen and oxygen atoms in total. The Kier molecular flexibility index (Phi) is 5.09. The number of piperazine rings is 1. The number of carbonyl (C=O) groups is 1. The van der Waals surface area contributed by atoms with Gasteiger partial charge in [-0.2, -0.15) is 5.26 Å². The van der Waals surface area contributed by atoms with Crippen LogP contribution < -0.4 is 10.2 Å². The van der Waals surface area contributed by atoms with E-state index >= 15 is 0 Å². The number of amides is 1. The van der Waals surface area contributed by atoms with E-state index in [2.05, 4.69) is 33.3 Å². The van der Waals surface area contributed by atoms with Crippen LogP contribution in [0.4, 0.5) is 11.4 Å². The molecule has 1 aliphatic heterocycles. The van der Waals surface area contributed by atoms with E-state index in [1.807, 2.05) is 24.3 Å². The number of benzene rings is 2. The minimum absolute atomic E-state index is 0.0779. The molecule has 2 aromatic carbocycles. The zero-order valence-corrected chi connectivity index (χ0v) is 13.5. The third-order valence-corrected chi connectivity index (χ3v) is 4.18. The molecule has 0 aromatic heterocycles. The maximum Gasteiger partial charge on any atom is 0.238 e. The summed E-state index contributed by atoms with van der Waals surface area (Å²) in [6, 6.07) is 19.5. The fourth-order valence-corrected chi connectivity index (χ4v) is 2.89. The Morgan fingerprint density at radius 1 is 1.00 bits per heavy atom. The van der Waals surface area contributed by atoms with Crippen molar-refractivity contribution >= 4 is 17.3 Å². The summed E-state index contributed by atoms with van der Waals surface area (Å²) in [6.07, 6.45) is 0. The van der Waals surface area contributed by atoms with Crippen LogP contribution >= 0.6 is 0 Å². The first kappa shape index (κ1) is 16.0. The maximum absolute atomic E-state index is 12.2. The van der Waals surface area contributed by atoms with Crippen LogP contribution in [-0.4, -0.2) is 43.5 Å². The molecule has 1 amide bonds. The SMILES string of the molecule is N#Cc1ccccc1NC(=O)CN1CCN(c2ccccc2)CC1. The van der Waals surface area contributed by atoms with Crippen LogP contribution in [0.3, 0.4) is 0 Å². The Morgan fingerprint density at radius 3 is 2.38 bits per heavy atom. The average Bonchev–Trinajstić information content (AvgIpc) is 2.63. The molecule has 1 aliphatic rings. The third kappa shape index (κ3) is 3.92. The Hall–Kier alpha value is -2.84. The molecule has 0 atom stereocenters. The quantitative estimate of drug-likeness (QED) is 0.939. The lowest BCUT2D eigenvalue weighted by Gasteiger charge is -2.35. The molecule has 0 radical (unpaired) electrons. The van der Waals surface area contributed by atoms with Gasteiger partial charge in [0, 0.05) is 31.9 Å². The molecule has 1 N–H and O–H groups in total. The predicted molar refractivity (Wildman–Crippen MR) is 94.9 cm³/mol. The minimum Gasteiger partial charge on any atom is -0.369 e. The molecule has 5 heteroatoms. The predicted octanol–water partition coefficient (Wildman–Crippen LogP) is 2.32. The van der Waals surface area contributed by atoms with E-state index in [4.69, 9.17) is 5.26 Å². The lowest BCUT2D eigenvalue weighted by Crippen LogP contribution is -2.48. The average molecular weight is 320 g/mol. The fourth-order valence-electron chi connectivity index (χ4n) is 2.89. The highest BCUT2D eigenvalue weighted by molar-refractivity contribution is 5.93. The van der Waals surface area contributed by atoms with E-state index in [1.165, 1.54) is 5.69 Å². The van der Waals surface area contributed by atoms with E-state index in [9.17, 15) is 4.79 Å². The highest BCUT2D eigenvalue weighted by atomic mass is 16.2. The highest BCUT2D eigenvalue weighted by Gasteiger charge is 2.19. The Morgan fingerprint density at radius 2 is 1.67 bits per heavy atom. The van der Waals surface area contributed by atoms with Gasteiger partial charge < -0.3 is 10.2 Å². The molecule has 2 aromatic rings. The van der Waals surface area contributed by atoms with E-state index < -0.39 is 0 Å². The monoisotopic (exact) mass is 320 g/mol. The van der Waals surface area contributed by atoms with Gasteiger partial charge in [-0.05, 0) is 24.3 Å². The number of nitriles is 1. The van der Waals surface area contributed by atoms with E-state index in [0.717, 1.165) is 26.2 Å². The smallest absolute Gasteiger partial charge is 0.238 e. The second-order valence-electron chi connectivity index (χ2n) is 5.80. The van der Waals surface area contributed by atoms with Crippen LogP contribution in [0.1, 0.15) is 5.56 Å². The first-order valence-electron chi connectivity index (χ1n) is 8.07. The lowest BCUT2D eigenvalue weighted by molar-refractivity contribution is -0.117. The molecular weight excluding hydrogens is 300 g/mol. The first-order chi connectivity index (χ1) is 11.8. The van der Waals surface area contributed by atoms with Gasteiger partial charge in [-0.1, -0.05) is 30.3 Å². The topological polar surface area (TPSA) is 59.4 Å². The number of hydrogen-bond acceptors (Lipinski definition) is 4. The van der Waals surface area contributed by atoms with Gasteiger partial charge in [0.25, 0.3) is 0 Å². The number of rotatable bonds is 4. The van der Waals surface area contributed by atoms with Crippen molar-refractivity contribution in [2.45, 2.75) is 0 Å². The Labute approximate surface area is 142 Å². The highest BCUT2D eigenvalue weighted by Crippen LogP contribution is 2.16. The summed E-state index contributed by atoms with van der Waals surface area (Å²) in [5.74, 6) is -0.0779. The van der Waals surface area contributed by atoms with Gasteiger partial charge in [0.2, 0.25) is 5.91 Å². The van der Waals surface area contributed by atoms with Crippen molar-refractivity contribution in [2.24, 2.45) is 0 Å². The summed E-state index contributed by atoms with van der Waals surface area (Å²) in [5.41, 5.74) is 2.29. The van der Waals surface area contributed by atoms with E-state index in [0.29, 0.717) is 17.8 Å². The molecule has 0 spiro atoms. The summed E-state index contributed by atoms with van der Waals surface area (Å²) in [7, 11) is 0. The Balaban J connectivity index is 1.51. The van der Waals surface area contributed by atoms with E-state index in [1.54, 1.807) is 18.2 Å². The molecule has 1 heterocycles. The Bertz CT molecular complexity index is 731. The van der Waals surface area contributed by atoms with Crippen molar-refractivity contribution in [3.05, 3.63) is 60.2 Å². The van der Waals surface area contributed by atoms with Gasteiger partial charge in [0.15, 0.2) is 0 Å². The lowest BCUT2D eigenvalue weighted by atomic mass is 10.2. The van der Waals surface area contributed by atoms with Gasteiger partial charge in [-0.25, -0.2) is 0 Å². The van der Waals surface area contributed by atoms with Gasteiger partial charge in [-0.3, -0.25) is 9.69 Å². The van der Waals surface area contributed by atoms with Crippen molar-refractivity contribution in [3.63, 3.8) is 0 Å². The molecule has 0 aliphatic carbocycles. The van der Waals surface area contributed by atoms with Crippen LogP contribution in [0, 0.1) is 11.3 Å². The maximum atomic E-state index is 12.2. The number of carbonyl (C=O) groups excluding carboxylic acids is 1. The third-order valence-electron chi connectivity index (χ3n) is 4.18. The zero-order chi connectivity index (χ0) is 16.8.